The van der Waals surface area contributed by atoms with Crippen LogP contribution < -0.4 is 0 Å². The Labute approximate surface area is 86.4 Å². The summed E-state index contributed by atoms with van der Waals surface area (Å²) in [6.45, 7) is 8.26. The van der Waals surface area contributed by atoms with Gasteiger partial charge in [-0.25, -0.2) is 0 Å². The number of allylic oxidation sites excluding steroid dienone is 5. The predicted octanol–water partition coefficient (Wildman–Crippen LogP) is 3.76. The first-order valence-electron chi connectivity index (χ1n) is 5.20. The van der Waals surface area contributed by atoms with Gasteiger partial charge in [-0.15, -0.1) is 0 Å². The van der Waals surface area contributed by atoms with Gasteiger partial charge in [-0.1, -0.05) is 38.2 Å². The summed E-state index contributed by atoms with van der Waals surface area (Å²) in [4.78, 5) is 0. The lowest BCUT2D eigenvalue weighted by molar-refractivity contribution is 0.821. The fraction of sp³-hybridized carbons (Fsp3) is 0.462. The van der Waals surface area contributed by atoms with Crippen molar-refractivity contribution in [2.75, 3.05) is 0 Å². The highest BCUT2D eigenvalue weighted by atomic mass is 14.3. The maximum Gasteiger partial charge on any atom is 0.0701 e. The minimum atomic E-state index is 0.0118. The molecule has 1 rings (SSSR count). The smallest absolute Gasteiger partial charge is 0.0701 e. The molecule has 0 aromatic rings. The lowest BCUT2D eigenvalue weighted by Crippen LogP contribution is -1.93. The van der Waals surface area contributed by atoms with Gasteiger partial charge < -0.3 is 0 Å². The number of hydrogen-bond acceptors (Lipinski definition) is 1. The van der Waals surface area contributed by atoms with E-state index in [0.717, 1.165) is 24.8 Å². The van der Waals surface area contributed by atoms with E-state index in [1.807, 2.05) is 0 Å². The van der Waals surface area contributed by atoms with Crippen molar-refractivity contribution in [2.24, 2.45) is 5.92 Å². The van der Waals surface area contributed by atoms with Crippen LogP contribution in [-0.2, 0) is 0 Å². The van der Waals surface area contributed by atoms with Gasteiger partial charge in [0.1, 0.15) is 0 Å². The molecule has 1 unspecified atom stereocenters. The fourth-order valence-corrected chi connectivity index (χ4v) is 1.85. The van der Waals surface area contributed by atoms with E-state index in [1.165, 1.54) is 11.1 Å². The van der Waals surface area contributed by atoms with Gasteiger partial charge in [-0.3, -0.25) is 0 Å². The molecule has 0 aromatic heterocycles. The molecule has 0 spiro atoms. The molecule has 0 amide bonds. The van der Waals surface area contributed by atoms with Crippen molar-refractivity contribution < 1.29 is 0 Å². The van der Waals surface area contributed by atoms with Crippen molar-refractivity contribution in [3.8, 4) is 6.07 Å². The third kappa shape index (κ3) is 2.35. The Morgan fingerprint density at radius 1 is 1.43 bits per heavy atom. The van der Waals surface area contributed by atoms with Gasteiger partial charge in [0.2, 0.25) is 0 Å². The van der Waals surface area contributed by atoms with Crippen molar-refractivity contribution in [1.82, 2.24) is 0 Å². The Balaban J connectivity index is 3.04. The summed E-state index contributed by atoms with van der Waals surface area (Å²) < 4.78 is 0. The molecule has 1 aliphatic carbocycles. The minimum Gasteiger partial charge on any atom is -0.198 e. The largest absolute Gasteiger partial charge is 0.198 e. The molecule has 74 valence electrons. The van der Waals surface area contributed by atoms with Crippen molar-refractivity contribution in [1.29, 1.82) is 5.26 Å². The number of nitrogens with zero attached hydrogens (tertiary/aromatic N) is 1. The summed E-state index contributed by atoms with van der Waals surface area (Å²) in [5.74, 6) is 0.0118. The molecule has 0 saturated heterocycles. The standard InChI is InChI=1S/C13H17N/c1-4-12-7-10(3)6-11(9-14)8-13(12)5-2/h7-8,11H,3-6H2,1-2H3. The predicted molar refractivity (Wildman–Crippen MR) is 59.6 cm³/mol. The molecule has 14 heavy (non-hydrogen) atoms. The van der Waals surface area contributed by atoms with Crippen LogP contribution in [0.3, 0.4) is 0 Å². The third-order valence-electron chi connectivity index (χ3n) is 2.60. The Morgan fingerprint density at radius 3 is 2.57 bits per heavy atom. The van der Waals surface area contributed by atoms with E-state index in [9.17, 15) is 0 Å². The van der Waals surface area contributed by atoms with Crippen LogP contribution in [0.2, 0.25) is 0 Å². The Kier molecular flexibility index (Phi) is 3.71. The minimum absolute atomic E-state index is 0.0118. The average Bonchev–Trinajstić information content (AvgIpc) is 2.36. The van der Waals surface area contributed by atoms with E-state index < -0.39 is 0 Å². The fourth-order valence-electron chi connectivity index (χ4n) is 1.85. The second kappa shape index (κ2) is 4.81. The molecule has 0 radical (unpaired) electrons. The first-order valence-corrected chi connectivity index (χ1v) is 5.20. The molecular weight excluding hydrogens is 170 g/mol. The van der Waals surface area contributed by atoms with Gasteiger partial charge in [-0.2, -0.15) is 5.26 Å². The molecule has 1 nitrogen and oxygen atoms in total. The highest BCUT2D eigenvalue weighted by molar-refractivity contribution is 5.40. The van der Waals surface area contributed by atoms with Crippen molar-refractivity contribution >= 4 is 0 Å². The molecule has 0 N–H and O–H groups in total. The van der Waals surface area contributed by atoms with Gasteiger partial charge in [0, 0.05) is 0 Å². The van der Waals surface area contributed by atoms with Gasteiger partial charge in [0.25, 0.3) is 0 Å². The summed E-state index contributed by atoms with van der Waals surface area (Å²) >= 11 is 0. The lowest BCUT2D eigenvalue weighted by Gasteiger charge is -2.06. The van der Waals surface area contributed by atoms with E-state index >= 15 is 0 Å². The number of nitriles is 1. The summed E-state index contributed by atoms with van der Waals surface area (Å²) in [6, 6.07) is 2.31. The SMILES string of the molecule is C=C1C=C(CC)C(CC)=CC(C#N)C1. The van der Waals surface area contributed by atoms with Crippen molar-refractivity contribution in [3.05, 3.63) is 35.5 Å². The Bertz CT molecular complexity index is 326. The highest BCUT2D eigenvalue weighted by Crippen LogP contribution is 2.27. The van der Waals surface area contributed by atoms with E-state index in [4.69, 9.17) is 5.26 Å². The second-order valence-electron chi connectivity index (χ2n) is 3.67. The van der Waals surface area contributed by atoms with Crippen LogP contribution >= 0.6 is 0 Å². The summed E-state index contributed by atoms with van der Waals surface area (Å²) in [5, 5.41) is 8.95. The molecule has 0 heterocycles. The van der Waals surface area contributed by atoms with Crippen LogP contribution in [0, 0.1) is 17.2 Å². The molecule has 0 aliphatic heterocycles. The normalized spacial score (nSPS) is 22.1. The molecule has 1 aliphatic rings. The zero-order valence-electron chi connectivity index (χ0n) is 9.01. The van der Waals surface area contributed by atoms with Crippen LogP contribution in [0.25, 0.3) is 0 Å². The van der Waals surface area contributed by atoms with Crippen LogP contribution in [0.1, 0.15) is 33.1 Å². The molecule has 0 bridgehead atoms. The van der Waals surface area contributed by atoms with E-state index in [-0.39, 0.29) is 5.92 Å². The topological polar surface area (TPSA) is 23.8 Å². The summed E-state index contributed by atoms with van der Waals surface area (Å²) in [7, 11) is 0. The van der Waals surface area contributed by atoms with Crippen LogP contribution in [0.4, 0.5) is 0 Å². The molecule has 0 fully saturated rings. The summed E-state index contributed by atoms with van der Waals surface area (Å²) in [5.41, 5.74) is 3.74. The molecule has 1 atom stereocenters. The van der Waals surface area contributed by atoms with Gasteiger partial charge in [0.05, 0.1) is 12.0 Å². The van der Waals surface area contributed by atoms with Crippen LogP contribution in [-0.4, -0.2) is 0 Å². The van der Waals surface area contributed by atoms with Gasteiger partial charge in [-0.05, 0) is 30.4 Å². The third-order valence-corrected chi connectivity index (χ3v) is 2.60. The second-order valence-corrected chi connectivity index (χ2v) is 3.67. The average molecular weight is 187 g/mol. The van der Waals surface area contributed by atoms with Crippen molar-refractivity contribution in [2.45, 2.75) is 33.1 Å². The lowest BCUT2D eigenvalue weighted by atomic mass is 9.99. The number of rotatable bonds is 2. The molecule has 1 heteroatoms. The summed E-state index contributed by atoms with van der Waals surface area (Å²) in [6.07, 6.45) is 7.06. The zero-order chi connectivity index (χ0) is 10.6. The maximum absolute atomic E-state index is 8.95. The highest BCUT2D eigenvalue weighted by Gasteiger charge is 2.13. The molecule has 0 saturated carbocycles. The van der Waals surface area contributed by atoms with E-state index in [1.54, 1.807) is 0 Å². The van der Waals surface area contributed by atoms with E-state index in [2.05, 4.69) is 38.6 Å². The monoisotopic (exact) mass is 187 g/mol. The maximum atomic E-state index is 8.95. The van der Waals surface area contributed by atoms with Crippen molar-refractivity contribution in [3.63, 3.8) is 0 Å². The van der Waals surface area contributed by atoms with Gasteiger partial charge >= 0.3 is 0 Å². The zero-order valence-corrected chi connectivity index (χ0v) is 9.01. The first kappa shape index (κ1) is 10.8. The van der Waals surface area contributed by atoms with E-state index in [0.29, 0.717) is 0 Å². The van der Waals surface area contributed by atoms with Gasteiger partial charge in [0.15, 0.2) is 0 Å². The first-order chi connectivity index (χ1) is 6.71. The Morgan fingerprint density at radius 2 is 2.07 bits per heavy atom. The molecular formula is C13H17N. The number of hydrogen-bond donors (Lipinski definition) is 0. The molecule has 0 aromatic carbocycles. The Hall–Kier alpha value is -1.29. The quantitative estimate of drug-likeness (QED) is 0.645. The van der Waals surface area contributed by atoms with Crippen LogP contribution in [0.5, 0.6) is 0 Å². The van der Waals surface area contributed by atoms with Crippen LogP contribution in [0.15, 0.2) is 35.5 Å².